The van der Waals surface area contributed by atoms with Crippen LogP contribution in [0.1, 0.15) is 24.2 Å². The number of rotatable bonds is 3. The first-order chi connectivity index (χ1) is 7.48. The van der Waals surface area contributed by atoms with Gasteiger partial charge in [0.15, 0.2) is 11.4 Å². The minimum atomic E-state index is -4.20. The fourth-order valence-electron chi connectivity index (χ4n) is 1.20. The monoisotopic (exact) mass is 228 g/mol. The summed E-state index contributed by atoms with van der Waals surface area (Å²) >= 11 is 0. The molecule has 0 radical (unpaired) electrons. The minimum Gasteiger partial charge on any atom is -0.321 e. The van der Waals surface area contributed by atoms with E-state index in [2.05, 4.69) is 4.98 Å². The summed E-state index contributed by atoms with van der Waals surface area (Å²) < 4.78 is 36.9. The van der Waals surface area contributed by atoms with Crippen LogP contribution in [0.25, 0.3) is 0 Å². The first-order valence-corrected chi connectivity index (χ1v) is 4.40. The maximum atomic E-state index is 11.9. The zero-order valence-electron chi connectivity index (χ0n) is 8.12. The Balaban J connectivity index is 2.66. The number of nitrogens with zero attached hydrogens (tertiary/aromatic N) is 4. The number of aryl methyl sites for hydroxylation is 1. The molecule has 0 saturated heterocycles. The van der Waals surface area contributed by atoms with Crippen LogP contribution in [0.3, 0.4) is 0 Å². The third-order valence-electron chi connectivity index (χ3n) is 1.91. The number of hydrogen-bond acceptors (Lipinski definition) is 3. The summed E-state index contributed by atoms with van der Waals surface area (Å²) in [4.78, 5) is 3.62. The summed E-state index contributed by atoms with van der Waals surface area (Å²) in [6.07, 6.45) is -4.06. The molecule has 0 atom stereocenters. The molecule has 1 aromatic heterocycles. The molecule has 0 spiro atoms. The number of hydrogen-bond donors (Lipinski definition) is 0. The van der Waals surface area contributed by atoms with E-state index >= 15 is 0 Å². The average Bonchev–Trinajstić information content (AvgIpc) is 2.58. The smallest absolute Gasteiger partial charge is 0.321 e. The predicted molar refractivity (Wildman–Crippen MR) is 46.9 cm³/mol. The Hall–Kier alpha value is -2.02. The van der Waals surface area contributed by atoms with Gasteiger partial charge in [0.25, 0.3) is 0 Å². The molecule has 0 aliphatic heterocycles. The summed E-state index contributed by atoms with van der Waals surface area (Å²) in [7, 11) is 0. The first-order valence-electron chi connectivity index (χ1n) is 4.40. The fourth-order valence-corrected chi connectivity index (χ4v) is 1.20. The van der Waals surface area contributed by atoms with E-state index in [1.54, 1.807) is 12.1 Å². The van der Waals surface area contributed by atoms with Crippen molar-refractivity contribution >= 4 is 0 Å². The van der Waals surface area contributed by atoms with Crippen molar-refractivity contribution in [1.82, 2.24) is 9.55 Å². The minimum absolute atomic E-state index is 0.00433. The standard InChI is InChI=1S/C9H7F3N4/c10-9(11,12)2-1-3-16-6-15-7(4-13)8(16)5-14/h6H,1-3H2. The fraction of sp³-hybridized carbons (Fsp3) is 0.444. The molecule has 7 heteroatoms. The summed E-state index contributed by atoms with van der Waals surface area (Å²) in [6, 6.07) is 3.44. The lowest BCUT2D eigenvalue weighted by Gasteiger charge is -2.06. The van der Waals surface area contributed by atoms with Gasteiger partial charge in [0.05, 0.1) is 6.33 Å². The second kappa shape index (κ2) is 4.67. The molecular weight excluding hydrogens is 221 g/mol. The van der Waals surface area contributed by atoms with Crippen LogP contribution in [-0.4, -0.2) is 15.7 Å². The van der Waals surface area contributed by atoms with E-state index < -0.39 is 12.6 Å². The van der Waals surface area contributed by atoms with Crippen molar-refractivity contribution in [1.29, 1.82) is 10.5 Å². The highest BCUT2D eigenvalue weighted by Crippen LogP contribution is 2.21. The van der Waals surface area contributed by atoms with E-state index in [1.807, 2.05) is 0 Å². The average molecular weight is 228 g/mol. The van der Waals surface area contributed by atoms with Crippen molar-refractivity contribution in [2.24, 2.45) is 0 Å². The van der Waals surface area contributed by atoms with Crippen molar-refractivity contribution in [3.05, 3.63) is 17.7 Å². The second-order valence-corrected chi connectivity index (χ2v) is 3.08. The van der Waals surface area contributed by atoms with Gasteiger partial charge >= 0.3 is 6.18 Å². The van der Waals surface area contributed by atoms with Gasteiger partial charge in [-0.15, -0.1) is 0 Å². The van der Waals surface area contributed by atoms with E-state index in [4.69, 9.17) is 10.5 Å². The van der Waals surface area contributed by atoms with Crippen LogP contribution in [0.5, 0.6) is 0 Å². The predicted octanol–water partition coefficient (Wildman–Crippen LogP) is 1.97. The van der Waals surface area contributed by atoms with Crippen molar-refractivity contribution in [2.45, 2.75) is 25.6 Å². The van der Waals surface area contributed by atoms with Crippen molar-refractivity contribution in [2.75, 3.05) is 0 Å². The topological polar surface area (TPSA) is 65.4 Å². The Morgan fingerprint density at radius 2 is 2.00 bits per heavy atom. The molecule has 4 nitrogen and oxygen atoms in total. The third kappa shape index (κ3) is 2.99. The largest absolute Gasteiger partial charge is 0.389 e. The normalized spacial score (nSPS) is 10.8. The second-order valence-electron chi connectivity index (χ2n) is 3.08. The van der Waals surface area contributed by atoms with E-state index in [1.165, 1.54) is 10.9 Å². The maximum Gasteiger partial charge on any atom is 0.389 e. The molecule has 0 aliphatic carbocycles. The Kier molecular flexibility index (Phi) is 3.51. The van der Waals surface area contributed by atoms with Crippen LogP contribution < -0.4 is 0 Å². The first kappa shape index (κ1) is 12.1. The van der Waals surface area contributed by atoms with Crippen LogP contribution in [0.15, 0.2) is 6.33 Å². The maximum absolute atomic E-state index is 11.9. The third-order valence-corrected chi connectivity index (χ3v) is 1.91. The zero-order chi connectivity index (χ0) is 12.2. The van der Waals surface area contributed by atoms with Crippen molar-refractivity contribution in [3.63, 3.8) is 0 Å². The SMILES string of the molecule is N#Cc1ncn(CCCC(F)(F)F)c1C#N. The number of halogens is 3. The molecule has 0 aromatic carbocycles. The lowest BCUT2D eigenvalue weighted by molar-refractivity contribution is -0.135. The Morgan fingerprint density at radius 3 is 2.50 bits per heavy atom. The number of alkyl halides is 3. The highest BCUT2D eigenvalue weighted by Gasteiger charge is 2.26. The highest BCUT2D eigenvalue weighted by molar-refractivity contribution is 5.35. The van der Waals surface area contributed by atoms with E-state index in [0.29, 0.717) is 0 Å². The van der Waals surface area contributed by atoms with Gasteiger partial charge in [0, 0.05) is 13.0 Å². The van der Waals surface area contributed by atoms with Gasteiger partial charge in [0.1, 0.15) is 12.1 Å². The lowest BCUT2D eigenvalue weighted by atomic mass is 10.3. The molecule has 0 unspecified atom stereocenters. The van der Waals surface area contributed by atoms with Crippen molar-refractivity contribution < 1.29 is 13.2 Å². The van der Waals surface area contributed by atoms with Gasteiger partial charge in [-0.05, 0) is 6.42 Å². The Labute approximate surface area is 89.5 Å². The number of nitriles is 2. The number of imidazole rings is 1. The molecular formula is C9H7F3N4. The highest BCUT2D eigenvalue weighted by atomic mass is 19.4. The molecule has 0 bridgehead atoms. The quantitative estimate of drug-likeness (QED) is 0.794. The number of aromatic nitrogens is 2. The summed E-state index contributed by atoms with van der Waals surface area (Å²) in [5.41, 5.74) is -0.0563. The molecule has 0 amide bonds. The Morgan fingerprint density at radius 1 is 1.31 bits per heavy atom. The molecule has 0 fully saturated rings. The molecule has 0 saturated carbocycles. The lowest BCUT2D eigenvalue weighted by Crippen LogP contribution is -2.09. The molecule has 0 aliphatic rings. The van der Waals surface area contributed by atoms with Crippen LogP contribution in [-0.2, 0) is 6.54 Å². The summed E-state index contributed by atoms with van der Waals surface area (Å²) in [5.74, 6) is 0. The van der Waals surface area contributed by atoms with Gasteiger partial charge in [-0.2, -0.15) is 23.7 Å². The van der Waals surface area contributed by atoms with Crippen LogP contribution in [0.2, 0.25) is 0 Å². The molecule has 1 heterocycles. The molecule has 16 heavy (non-hydrogen) atoms. The van der Waals surface area contributed by atoms with Gasteiger partial charge in [-0.3, -0.25) is 0 Å². The van der Waals surface area contributed by atoms with Crippen LogP contribution in [0.4, 0.5) is 13.2 Å². The summed E-state index contributed by atoms with van der Waals surface area (Å²) in [6.45, 7) is 0.0249. The van der Waals surface area contributed by atoms with Gasteiger partial charge in [0.2, 0.25) is 0 Å². The molecule has 84 valence electrons. The zero-order valence-corrected chi connectivity index (χ0v) is 8.12. The van der Waals surface area contributed by atoms with E-state index in [9.17, 15) is 13.2 Å². The van der Waals surface area contributed by atoms with Crippen LogP contribution >= 0.6 is 0 Å². The van der Waals surface area contributed by atoms with Gasteiger partial charge < -0.3 is 4.57 Å². The Bertz CT molecular complexity index is 447. The van der Waals surface area contributed by atoms with E-state index in [-0.39, 0.29) is 24.4 Å². The van der Waals surface area contributed by atoms with Gasteiger partial charge in [-0.1, -0.05) is 0 Å². The van der Waals surface area contributed by atoms with Gasteiger partial charge in [-0.25, -0.2) is 4.98 Å². The molecule has 1 rings (SSSR count). The van der Waals surface area contributed by atoms with Crippen LogP contribution in [0, 0.1) is 22.7 Å². The molecule has 0 N–H and O–H groups in total. The van der Waals surface area contributed by atoms with E-state index in [0.717, 1.165) is 0 Å². The molecule has 1 aromatic rings. The van der Waals surface area contributed by atoms with Crippen molar-refractivity contribution in [3.8, 4) is 12.1 Å². The summed E-state index contributed by atoms with van der Waals surface area (Å²) in [5, 5.41) is 17.3.